The molecule has 2 aromatic carbocycles. The molecule has 0 spiro atoms. The number of sulfone groups is 1. The molecule has 1 unspecified atom stereocenters. The van der Waals surface area contributed by atoms with Gasteiger partial charge in [-0.3, -0.25) is 4.79 Å². The van der Waals surface area contributed by atoms with Gasteiger partial charge in [0.05, 0.1) is 22.0 Å². The molecule has 0 aromatic heterocycles. The average molecular weight is 463 g/mol. The van der Waals surface area contributed by atoms with E-state index in [4.69, 9.17) is 16.3 Å². The van der Waals surface area contributed by atoms with Crippen molar-refractivity contribution in [3.63, 3.8) is 0 Å². The lowest BCUT2D eigenvalue weighted by Gasteiger charge is -2.35. The van der Waals surface area contributed by atoms with Crippen molar-refractivity contribution >= 4 is 33.4 Å². The van der Waals surface area contributed by atoms with Crippen LogP contribution in [-0.4, -0.2) is 62.1 Å². The standard InChI is InChI=1S/C22H23ClN2O5S/c1-31(28,29)17-7-8-18(19(23)13-17)21(26)24-11-9-16(10-12-24)25-14-20(30-22(25)27)15-5-3-2-4-6-15/h2-8,13,16,20H,9-12,14H2,1H3. The van der Waals surface area contributed by atoms with Crippen LogP contribution in [0.15, 0.2) is 53.4 Å². The van der Waals surface area contributed by atoms with E-state index in [-0.39, 0.29) is 39.6 Å². The SMILES string of the molecule is CS(=O)(=O)c1ccc(C(=O)N2CCC(N3CC(c4ccccc4)OC3=O)CC2)c(Cl)c1. The molecule has 0 N–H and O–H groups in total. The molecule has 0 radical (unpaired) electrons. The van der Waals surface area contributed by atoms with Crippen molar-refractivity contribution in [3.05, 3.63) is 64.7 Å². The van der Waals surface area contributed by atoms with E-state index in [1.54, 1.807) is 9.80 Å². The zero-order valence-electron chi connectivity index (χ0n) is 17.0. The maximum atomic E-state index is 12.9. The van der Waals surface area contributed by atoms with Crippen LogP contribution in [0.4, 0.5) is 4.79 Å². The Morgan fingerprint density at radius 1 is 1.10 bits per heavy atom. The highest BCUT2D eigenvalue weighted by Crippen LogP contribution is 2.31. The van der Waals surface area contributed by atoms with Gasteiger partial charge < -0.3 is 14.5 Å². The maximum Gasteiger partial charge on any atom is 0.410 e. The second-order valence-electron chi connectivity index (χ2n) is 7.87. The van der Waals surface area contributed by atoms with Gasteiger partial charge >= 0.3 is 6.09 Å². The Labute approximate surface area is 186 Å². The summed E-state index contributed by atoms with van der Waals surface area (Å²) in [4.78, 5) is 28.8. The van der Waals surface area contributed by atoms with Crippen molar-refractivity contribution in [2.75, 3.05) is 25.9 Å². The zero-order chi connectivity index (χ0) is 22.2. The number of rotatable bonds is 4. The van der Waals surface area contributed by atoms with E-state index in [1.807, 2.05) is 30.3 Å². The van der Waals surface area contributed by atoms with E-state index in [9.17, 15) is 18.0 Å². The molecule has 2 fully saturated rings. The first-order valence-corrected chi connectivity index (χ1v) is 12.3. The highest BCUT2D eigenvalue weighted by atomic mass is 35.5. The molecule has 1 atom stereocenters. The Kier molecular flexibility index (Phi) is 5.94. The Morgan fingerprint density at radius 2 is 1.77 bits per heavy atom. The minimum Gasteiger partial charge on any atom is -0.439 e. The molecule has 2 amide bonds. The predicted octanol–water partition coefficient (Wildman–Crippen LogP) is 3.54. The Morgan fingerprint density at radius 3 is 2.39 bits per heavy atom. The highest BCUT2D eigenvalue weighted by molar-refractivity contribution is 7.90. The van der Waals surface area contributed by atoms with E-state index in [0.717, 1.165) is 11.8 Å². The lowest BCUT2D eigenvalue weighted by molar-refractivity contribution is 0.0658. The number of hydrogen-bond acceptors (Lipinski definition) is 5. The average Bonchev–Trinajstić information content (AvgIpc) is 3.15. The first kappa shape index (κ1) is 21.6. The monoisotopic (exact) mass is 462 g/mol. The van der Waals surface area contributed by atoms with Gasteiger partial charge in [-0.1, -0.05) is 41.9 Å². The first-order chi connectivity index (χ1) is 14.7. The summed E-state index contributed by atoms with van der Waals surface area (Å²) in [5.74, 6) is -0.241. The molecular weight excluding hydrogens is 440 g/mol. The number of carbonyl (C=O) groups is 2. The quantitative estimate of drug-likeness (QED) is 0.693. The summed E-state index contributed by atoms with van der Waals surface area (Å²) in [6, 6.07) is 13.8. The zero-order valence-corrected chi connectivity index (χ0v) is 18.6. The number of likely N-dealkylation sites (tertiary alicyclic amines) is 1. The number of ether oxygens (including phenoxy) is 1. The predicted molar refractivity (Wildman–Crippen MR) is 116 cm³/mol. The van der Waals surface area contributed by atoms with E-state index in [2.05, 4.69) is 0 Å². The van der Waals surface area contributed by atoms with Gasteiger partial charge in [0.1, 0.15) is 6.10 Å². The second kappa shape index (κ2) is 8.51. The molecule has 9 heteroatoms. The van der Waals surface area contributed by atoms with Gasteiger partial charge in [0.15, 0.2) is 9.84 Å². The van der Waals surface area contributed by atoms with Gasteiger partial charge in [0.2, 0.25) is 0 Å². The third-order valence-corrected chi connectivity index (χ3v) is 7.23. The van der Waals surface area contributed by atoms with E-state index >= 15 is 0 Å². The van der Waals surface area contributed by atoms with E-state index in [0.29, 0.717) is 32.5 Å². The minimum absolute atomic E-state index is 0.00773. The van der Waals surface area contributed by atoms with Gasteiger partial charge in [0.25, 0.3) is 5.91 Å². The van der Waals surface area contributed by atoms with Crippen molar-refractivity contribution in [2.24, 2.45) is 0 Å². The largest absolute Gasteiger partial charge is 0.439 e. The number of nitrogens with zero attached hydrogens (tertiary/aromatic N) is 2. The van der Waals surface area contributed by atoms with Gasteiger partial charge in [-0.05, 0) is 36.6 Å². The van der Waals surface area contributed by atoms with Crippen LogP contribution in [0.25, 0.3) is 0 Å². The summed E-state index contributed by atoms with van der Waals surface area (Å²) in [5.41, 5.74) is 1.25. The van der Waals surface area contributed by atoms with E-state index in [1.165, 1.54) is 18.2 Å². The molecule has 0 bridgehead atoms. The summed E-state index contributed by atoms with van der Waals surface area (Å²) >= 11 is 6.19. The van der Waals surface area contributed by atoms with Crippen LogP contribution < -0.4 is 0 Å². The van der Waals surface area contributed by atoms with Crippen LogP contribution >= 0.6 is 11.6 Å². The summed E-state index contributed by atoms with van der Waals surface area (Å²) in [6.45, 7) is 1.46. The summed E-state index contributed by atoms with van der Waals surface area (Å²) in [5, 5.41) is 0.115. The number of carbonyl (C=O) groups excluding carboxylic acids is 2. The topological polar surface area (TPSA) is 84.0 Å². The molecule has 4 rings (SSSR count). The number of benzene rings is 2. The van der Waals surface area contributed by atoms with Gasteiger partial charge in [-0.15, -0.1) is 0 Å². The van der Waals surface area contributed by atoms with Crippen LogP contribution in [0.2, 0.25) is 5.02 Å². The van der Waals surface area contributed by atoms with Gasteiger partial charge in [-0.2, -0.15) is 0 Å². The third kappa shape index (κ3) is 4.55. The molecule has 2 aliphatic rings. The van der Waals surface area contributed by atoms with Crippen LogP contribution in [0.1, 0.15) is 34.9 Å². The fraction of sp³-hybridized carbons (Fsp3) is 0.364. The lowest BCUT2D eigenvalue weighted by atomic mass is 10.0. The maximum absolute atomic E-state index is 12.9. The van der Waals surface area contributed by atoms with Crippen molar-refractivity contribution in [3.8, 4) is 0 Å². The summed E-state index contributed by atoms with van der Waals surface area (Å²) in [6.07, 6.45) is 1.78. The highest BCUT2D eigenvalue weighted by Gasteiger charge is 2.38. The Balaban J connectivity index is 1.39. The molecule has 2 heterocycles. The van der Waals surface area contributed by atoms with Crippen LogP contribution in [0.5, 0.6) is 0 Å². The molecule has 164 valence electrons. The van der Waals surface area contributed by atoms with Crippen molar-refractivity contribution < 1.29 is 22.7 Å². The van der Waals surface area contributed by atoms with Crippen molar-refractivity contribution in [1.82, 2.24) is 9.80 Å². The normalized spacial score (nSPS) is 20.1. The van der Waals surface area contributed by atoms with Crippen LogP contribution in [-0.2, 0) is 14.6 Å². The molecular formula is C22H23ClN2O5S. The van der Waals surface area contributed by atoms with Gasteiger partial charge in [-0.25, -0.2) is 13.2 Å². The van der Waals surface area contributed by atoms with Gasteiger partial charge in [0, 0.05) is 25.4 Å². The van der Waals surface area contributed by atoms with Crippen molar-refractivity contribution in [2.45, 2.75) is 29.9 Å². The minimum atomic E-state index is -3.40. The molecule has 0 aliphatic carbocycles. The third-order valence-electron chi connectivity index (χ3n) is 5.80. The van der Waals surface area contributed by atoms with E-state index < -0.39 is 9.84 Å². The molecule has 7 nitrogen and oxygen atoms in total. The number of amides is 2. The molecule has 0 saturated carbocycles. The van der Waals surface area contributed by atoms with Crippen molar-refractivity contribution in [1.29, 1.82) is 0 Å². The fourth-order valence-corrected chi connectivity index (χ4v) is 5.04. The summed E-state index contributed by atoms with van der Waals surface area (Å²) < 4.78 is 28.9. The molecule has 2 aliphatic heterocycles. The van der Waals surface area contributed by atoms with Crippen LogP contribution in [0.3, 0.4) is 0 Å². The number of cyclic esters (lactones) is 1. The smallest absolute Gasteiger partial charge is 0.410 e. The fourth-order valence-electron chi connectivity index (χ4n) is 4.07. The summed E-state index contributed by atoms with van der Waals surface area (Å²) in [7, 11) is -3.40. The second-order valence-corrected chi connectivity index (χ2v) is 10.3. The molecule has 31 heavy (non-hydrogen) atoms. The molecule has 2 aromatic rings. The Bertz CT molecular complexity index is 1100. The number of piperidine rings is 1. The first-order valence-electron chi connectivity index (χ1n) is 10.0. The molecule has 2 saturated heterocycles. The number of halogens is 1. The van der Waals surface area contributed by atoms with Crippen LogP contribution in [0, 0.1) is 0 Å². The number of hydrogen-bond donors (Lipinski definition) is 0. The lowest BCUT2D eigenvalue weighted by Crippen LogP contribution is -2.47. The Hall–Kier alpha value is -2.58.